The lowest BCUT2D eigenvalue weighted by molar-refractivity contribution is -0.132. The number of carbonyl (C=O) groups excluding carboxylic acids is 1. The number of hydrogen-bond donors (Lipinski definition) is 2. The van der Waals surface area contributed by atoms with Gasteiger partial charge in [-0.2, -0.15) is 4.31 Å². The maximum Gasteiger partial charge on any atom is 0.261 e. The summed E-state index contributed by atoms with van der Waals surface area (Å²) in [5.74, 6) is 1.71. The van der Waals surface area contributed by atoms with Gasteiger partial charge in [-0.15, -0.1) is 23.5 Å². The van der Waals surface area contributed by atoms with E-state index in [1.54, 1.807) is 41.1 Å². The first-order valence-corrected chi connectivity index (χ1v) is 10.7. The minimum atomic E-state index is -3.85. The Bertz CT molecular complexity index is 716. The van der Waals surface area contributed by atoms with Crippen LogP contribution < -0.4 is 10.2 Å². The molecule has 24 heavy (non-hydrogen) atoms. The number of ether oxygens (including phenoxy) is 1. The van der Waals surface area contributed by atoms with Crippen molar-refractivity contribution in [2.75, 3.05) is 25.2 Å². The van der Waals surface area contributed by atoms with Gasteiger partial charge >= 0.3 is 0 Å². The fraction of sp³-hybridized carbons (Fsp3) is 0.500. The van der Waals surface area contributed by atoms with Crippen molar-refractivity contribution in [2.45, 2.75) is 21.4 Å². The van der Waals surface area contributed by atoms with E-state index in [4.69, 9.17) is 9.94 Å². The zero-order chi connectivity index (χ0) is 17.4. The van der Waals surface area contributed by atoms with E-state index >= 15 is 0 Å². The van der Waals surface area contributed by atoms with E-state index in [1.165, 1.54) is 23.5 Å². The molecule has 0 aliphatic carbocycles. The highest BCUT2D eigenvalue weighted by atomic mass is 32.2. The lowest BCUT2D eigenvalue weighted by atomic mass is 10.2. The summed E-state index contributed by atoms with van der Waals surface area (Å²) >= 11 is 3.36. The van der Waals surface area contributed by atoms with Gasteiger partial charge < -0.3 is 4.74 Å². The average Bonchev–Trinajstić information content (AvgIpc) is 3.22. The second-order valence-electron chi connectivity index (χ2n) is 5.53. The van der Waals surface area contributed by atoms with Crippen molar-refractivity contribution in [3.8, 4) is 5.75 Å². The van der Waals surface area contributed by atoms with E-state index < -0.39 is 22.0 Å². The minimum Gasteiger partial charge on any atom is -0.497 e. The first-order valence-electron chi connectivity index (χ1n) is 7.30. The van der Waals surface area contributed by atoms with E-state index in [9.17, 15) is 13.2 Å². The Labute approximate surface area is 149 Å². The Morgan fingerprint density at radius 2 is 1.96 bits per heavy atom. The molecule has 2 fully saturated rings. The molecule has 1 amide bonds. The summed E-state index contributed by atoms with van der Waals surface area (Å²) in [7, 11) is -2.35. The number of amides is 1. The van der Waals surface area contributed by atoms with Crippen LogP contribution in [0.15, 0.2) is 29.2 Å². The van der Waals surface area contributed by atoms with E-state index in [0.29, 0.717) is 12.2 Å². The highest BCUT2D eigenvalue weighted by molar-refractivity contribution is 8.21. The van der Waals surface area contributed by atoms with Crippen LogP contribution in [0.2, 0.25) is 0 Å². The van der Waals surface area contributed by atoms with Crippen LogP contribution in [-0.4, -0.2) is 59.1 Å². The van der Waals surface area contributed by atoms with Gasteiger partial charge in [-0.25, -0.2) is 13.9 Å². The van der Waals surface area contributed by atoms with Crippen molar-refractivity contribution in [2.24, 2.45) is 0 Å². The molecular weight excluding hydrogens is 372 g/mol. The summed E-state index contributed by atoms with van der Waals surface area (Å²) < 4.78 is 31.9. The van der Waals surface area contributed by atoms with Gasteiger partial charge in [0, 0.05) is 18.1 Å². The SMILES string of the molecule is COc1ccc(S(=O)(=O)N2CC3(C[C@H]2C(=O)NO)SCCS3)cc1. The van der Waals surface area contributed by atoms with Crippen LogP contribution in [-0.2, 0) is 14.8 Å². The lowest BCUT2D eigenvalue weighted by Gasteiger charge is -2.23. The standard InChI is InChI=1S/C14H18N2O5S3/c1-21-10-2-4-11(5-3-10)24(19,20)16-9-14(22-6-7-23-14)8-12(16)13(17)15-18/h2-5,12,18H,6-9H2,1H3,(H,15,17)/t12-/m0/s1. The Kier molecular flexibility index (Phi) is 5.03. The second kappa shape index (κ2) is 6.75. The van der Waals surface area contributed by atoms with Crippen molar-refractivity contribution in [1.29, 1.82) is 0 Å². The first-order chi connectivity index (χ1) is 11.4. The Morgan fingerprint density at radius 3 is 2.50 bits per heavy atom. The number of methoxy groups -OCH3 is 1. The molecule has 1 atom stereocenters. The number of nitrogens with one attached hydrogen (secondary N) is 1. The molecule has 2 N–H and O–H groups in total. The van der Waals surface area contributed by atoms with Crippen LogP contribution in [0.4, 0.5) is 0 Å². The van der Waals surface area contributed by atoms with Crippen LogP contribution in [0.3, 0.4) is 0 Å². The highest BCUT2D eigenvalue weighted by Gasteiger charge is 2.53. The van der Waals surface area contributed by atoms with Crippen LogP contribution in [0.1, 0.15) is 6.42 Å². The number of nitrogens with zero attached hydrogens (tertiary/aromatic N) is 1. The van der Waals surface area contributed by atoms with E-state index in [1.807, 2.05) is 0 Å². The fourth-order valence-corrected chi connectivity index (χ4v) is 8.01. The number of hydrogen-bond acceptors (Lipinski definition) is 7. The molecule has 2 aliphatic heterocycles. The van der Waals surface area contributed by atoms with Gasteiger partial charge in [-0.3, -0.25) is 10.0 Å². The predicted molar refractivity (Wildman–Crippen MR) is 92.9 cm³/mol. The van der Waals surface area contributed by atoms with Crippen molar-refractivity contribution < 1.29 is 23.2 Å². The molecule has 3 rings (SSSR count). The maximum atomic E-state index is 13.0. The number of hydroxylamine groups is 1. The third-order valence-corrected chi connectivity index (χ3v) is 9.44. The summed E-state index contributed by atoms with van der Waals surface area (Å²) in [6.45, 7) is 0.245. The molecule has 1 spiro atoms. The summed E-state index contributed by atoms with van der Waals surface area (Å²) in [6.07, 6.45) is 0.379. The second-order valence-corrected chi connectivity index (χ2v) is 10.6. The maximum absolute atomic E-state index is 13.0. The minimum absolute atomic E-state index is 0.101. The molecule has 2 saturated heterocycles. The molecule has 0 bridgehead atoms. The smallest absolute Gasteiger partial charge is 0.261 e. The van der Waals surface area contributed by atoms with Crippen molar-refractivity contribution in [3.05, 3.63) is 24.3 Å². The van der Waals surface area contributed by atoms with Crippen molar-refractivity contribution >= 4 is 39.5 Å². The molecule has 132 valence electrons. The van der Waals surface area contributed by atoms with Gasteiger partial charge in [0.25, 0.3) is 5.91 Å². The van der Waals surface area contributed by atoms with E-state index in [-0.39, 0.29) is 15.5 Å². The molecule has 1 aromatic rings. The molecule has 7 nitrogen and oxygen atoms in total. The Hall–Kier alpha value is -0.940. The number of thioether (sulfide) groups is 2. The van der Waals surface area contributed by atoms with Crippen LogP contribution in [0.5, 0.6) is 5.75 Å². The number of rotatable bonds is 4. The monoisotopic (exact) mass is 390 g/mol. The molecule has 0 saturated carbocycles. The van der Waals surface area contributed by atoms with Crippen molar-refractivity contribution in [3.63, 3.8) is 0 Å². The molecule has 0 radical (unpaired) electrons. The van der Waals surface area contributed by atoms with E-state index in [2.05, 4.69) is 0 Å². The topological polar surface area (TPSA) is 95.9 Å². The number of benzene rings is 1. The molecule has 10 heteroatoms. The third-order valence-electron chi connectivity index (χ3n) is 4.14. The average molecular weight is 391 g/mol. The number of carbonyl (C=O) groups is 1. The van der Waals surface area contributed by atoms with Gasteiger partial charge in [0.1, 0.15) is 11.8 Å². The van der Waals surface area contributed by atoms with Crippen LogP contribution in [0.25, 0.3) is 0 Å². The number of sulfonamides is 1. The van der Waals surface area contributed by atoms with Crippen LogP contribution in [0, 0.1) is 0 Å². The summed E-state index contributed by atoms with van der Waals surface area (Å²) in [5, 5.41) is 9.00. The molecular formula is C14H18N2O5S3. The molecule has 2 heterocycles. The zero-order valence-corrected chi connectivity index (χ0v) is 15.4. The van der Waals surface area contributed by atoms with Gasteiger partial charge in [-0.05, 0) is 30.7 Å². The quantitative estimate of drug-likeness (QED) is 0.588. The fourth-order valence-electron chi connectivity index (χ4n) is 2.95. The molecule has 0 unspecified atom stereocenters. The summed E-state index contributed by atoms with van der Waals surface area (Å²) in [6, 6.07) is 5.14. The predicted octanol–water partition coefficient (Wildman–Crippen LogP) is 1.14. The van der Waals surface area contributed by atoms with E-state index in [0.717, 1.165) is 11.5 Å². The van der Waals surface area contributed by atoms with Gasteiger partial charge in [0.05, 0.1) is 16.1 Å². The van der Waals surface area contributed by atoms with Gasteiger partial charge in [0.2, 0.25) is 10.0 Å². The summed E-state index contributed by atoms with van der Waals surface area (Å²) in [4.78, 5) is 12.1. The van der Waals surface area contributed by atoms with Gasteiger partial charge in [0.15, 0.2) is 0 Å². The Morgan fingerprint density at radius 1 is 1.33 bits per heavy atom. The van der Waals surface area contributed by atoms with Crippen molar-refractivity contribution in [1.82, 2.24) is 9.79 Å². The lowest BCUT2D eigenvalue weighted by Crippen LogP contribution is -2.45. The molecule has 1 aromatic carbocycles. The Balaban J connectivity index is 1.95. The molecule has 0 aromatic heterocycles. The first kappa shape index (κ1) is 17.9. The largest absolute Gasteiger partial charge is 0.497 e. The van der Waals surface area contributed by atoms with Crippen LogP contribution >= 0.6 is 23.5 Å². The summed E-state index contributed by atoms with van der Waals surface area (Å²) in [5.41, 5.74) is 1.60. The molecule has 2 aliphatic rings. The third kappa shape index (κ3) is 3.13. The highest BCUT2D eigenvalue weighted by Crippen LogP contribution is 2.52. The normalized spacial score (nSPS) is 23.5. The van der Waals surface area contributed by atoms with Gasteiger partial charge in [-0.1, -0.05) is 0 Å². The zero-order valence-electron chi connectivity index (χ0n) is 13.0.